The predicted molar refractivity (Wildman–Crippen MR) is 200 cm³/mol. The summed E-state index contributed by atoms with van der Waals surface area (Å²) >= 11 is 1.86. The van der Waals surface area contributed by atoms with Gasteiger partial charge in [-0.25, -0.2) is 0 Å². The fraction of sp³-hybridized carbons (Fsp3) is 0. The summed E-state index contributed by atoms with van der Waals surface area (Å²) in [5.74, 6) is 0. The topological polar surface area (TPSA) is 3.24 Å². The van der Waals surface area contributed by atoms with Crippen LogP contribution in [0.4, 0.5) is 17.1 Å². The fourth-order valence-corrected chi connectivity index (χ4v) is 7.90. The van der Waals surface area contributed by atoms with E-state index in [0.717, 1.165) is 17.1 Å². The fourth-order valence-electron chi connectivity index (χ4n) is 6.82. The lowest BCUT2D eigenvalue weighted by Gasteiger charge is -2.26. The summed E-state index contributed by atoms with van der Waals surface area (Å²) in [5, 5.41) is 7.72. The molecule has 0 radical (unpaired) electrons. The van der Waals surface area contributed by atoms with Gasteiger partial charge in [0.2, 0.25) is 0 Å². The number of benzene rings is 8. The van der Waals surface area contributed by atoms with Gasteiger partial charge in [0.1, 0.15) is 0 Å². The first kappa shape index (κ1) is 26.7. The van der Waals surface area contributed by atoms with Gasteiger partial charge < -0.3 is 4.90 Å². The van der Waals surface area contributed by atoms with Gasteiger partial charge in [-0.15, -0.1) is 11.3 Å². The van der Waals surface area contributed by atoms with Crippen molar-refractivity contribution in [3.05, 3.63) is 176 Å². The van der Waals surface area contributed by atoms with Crippen molar-refractivity contribution in [2.75, 3.05) is 4.90 Å². The average Bonchev–Trinajstić information content (AvgIpc) is 3.51. The minimum atomic E-state index is 1.13. The maximum absolute atomic E-state index is 2.38. The molecule has 0 saturated carbocycles. The second-order valence-electron chi connectivity index (χ2n) is 11.8. The quantitative estimate of drug-likeness (QED) is 0.177. The van der Waals surface area contributed by atoms with Crippen molar-refractivity contribution in [2.24, 2.45) is 0 Å². The molecule has 0 spiro atoms. The van der Waals surface area contributed by atoms with Crippen molar-refractivity contribution in [2.45, 2.75) is 0 Å². The predicted octanol–water partition coefficient (Wildman–Crippen LogP) is 13.2. The monoisotopic (exact) mass is 603 g/mol. The van der Waals surface area contributed by atoms with Crippen LogP contribution in [0.15, 0.2) is 176 Å². The van der Waals surface area contributed by atoms with Crippen LogP contribution in [-0.4, -0.2) is 0 Å². The Morgan fingerprint density at radius 3 is 1.63 bits per heavy atom. The molecule has 0 unspecified atom stereocenters. The first-order valence-corrected chi connectivity index (χ1v) is 16.5. The van der Waals surface area contributed by atoms with Gasteiger partial charge >= 0.3 is 0 Å². The summed E-state index contributed by atoms with van der Waals surface area (Å²) in [6.45, 7) is 0. The molecule has 216 valence electrons. The molecule has 0 aliphatic heterocycles. The molecule has 1 heterocycles. The molecule has 1 nitrogen and oxygen atoms in total. The summed E-state index contributed by atoms with van der Waals surface area (Å²) in [6.07, 6.45) is 0. The van der Waals surface area contributed by atoms with Crippen LogP contribution in [0.5, 0.6) is 0 Å². The average molecular weight is 604 g/mol. The lowest BCUT2D eigenvalue weighted by molar-refractivity contribution is 1.29. The van der Waals surface area contributed by atoms with Crippen LogP contribution in [0.1, 0.15) is 0 Å². The highest BCUT2D eigenvalue weighted by Gasteiger charge is 2.16. The number of nitrogens with zero attached hydrogens (tertiary/aromatic N) is 1. The Labute approximate surface area is 272 Å². The van der Waals surface area contributed by atoms with Crippen molar-refractivity contribution in [3.63, 3.8) is 0 Å². The highest BCUT2D eigenvalue weighted by Crippen LogP contribution is 2.42. The van der Waals surface area contributed by atoms with Crippen LogP contribution in [0.3, 0.4) is 0 Å². The van der Waals surface area contributed by atoms with Crippen LogP contribution in [-0.2, 0) is 0 Å². The Balaban J connectivity index is 1.18. The zero-order valence-electron chi connectivity index (χ0n) is 25.1. The van der Waals surface area contributed by atoms with E-state index in [1.54, 1.807) is 0 Å². The molecule has 1 aromatic heterocycles. The minimum Gasteiger partial charge on any atom is -0.310 e. The second-order valence-corrected chi connectivity index (χ2v) is 12.8. The van der Waals surface area contributed by atoms with E-state index in [0.29, 0.717) is 0 Å². The zero-order chi connectivity index (χ0) is 30.5. The van der Waals surface area contributed by atoms with Crippen molar-refractivity contribution in [1.29, 1.82) is 0 Å². The van der Waals surface area contributed by atoms with E-state index in [1.165, 1.54) is 64.0 Å². The molecule has 0 aliphatic rings. The summed E-state index contributed by atoms with van der Waals surface area (Å²) in [4.78, 5) is 2.38. The van der Waals surface area contributed by atoms with E-state index in [9.17, 15) is 0 Å². The molecule has 0 fully saturated rings. The second kappa shape index (κ2) is 11.0. The standard InChI is InChI=1S/C44H29NS/c1-2-10-30(11-3-1)31-18-22-34(23-19-31)45(36-26-27-44-42(29-36)40-16-8-9-17-43(40)46-44)35-24-20-32(21-25-35)41-28-33-12-4-5-13-37(33)38-14-6-7-15-39(38)41/h1-29H. The summed E-state index contributed by atoms with van der Waals surface area (Å²) < 4.78 is 2.63. The van der Waals surface area contributed by atoms with Gasteiger partial charge in [0, 0.05) is 37.2 Å². The number of anilines is 3. The third kappa shape index (κ3) is 4.54. The molecular formula is C44H29NS. The van der Waals surface area contributed by atoms with E-state index >= 15 is 0 Å². The van der Waals surface area contributed by atoms with Crippen LogP contribution < -0.4 is 4.90 Å². The molecule has 9 aromatic rings. The Bertz CT molecular complexity index is 2510. The largest absolute Gasteiger partial charge is 0.310 e. The van der Waals surface area contributed by atoms with Crippen LogP contribution >= 0.6 is 11.3 Å². The summed E-state index contributed by atoms with van der Waals surface area (Å²) in [6, 6.07) is 64.0. The lowest BCUT2D eigenvalue weighted by atomic mass is 9.93. The molecule has 2 heteroatoms. The maximum Gasteiger partial charge on any atom is 0.0468 e. The maximum atomic E-state index is 2.38. The van der Waals surface area contributed by atoms with Crippen molar-refractivity contribution >= 4 is 70.1 Å². The molecule has 8 aromatic carbocycles. The first-order valence-electron chi connectivity index (χ1n) is 15.7. The van der Waals surface area contributed by atoms with Gasteiger partial charge in [-0.2, -0.15) is 0 Å². The van der Waals surface area contributed by atoms with E-state index in [1.807, 2.05) is 11.3 Å². The van der Waals surface area contributed by atoms with Crippen LogP contribution in [0.25, 0.3) is 64.0 Å². The van der Waals surface area contributed by atoms with Gasteiger partial charge in [0.25, 0.3) is 0 Å². The summed E-state index contributed by atoms with van der Waals surface area (Å²) in [7, 11) is 0. The minimum absolute atomic E-state index is 1.13. The molecule has 0 atom stereocenters. The molecule has 0 amide bonds. The lowest BCUT2D eigenvalue weighted by Crippen LogP contribution is -2.09. The molecule has 9 rings (SSSR count). The van der Waals surface area contributed by atoms with Gasteiger partial charge in [-0.05, 0) is 98.4 Å². The molecular weight excluding hydrogens is 575 g/mol. The van der Waals surface area contributed by atoms with E-state index < -0.39 is 0 Å². The highest BCUT2D eigenvalue weighted by molar-refractivity contribution is 7.25. The number of hydrogen-bond donors (Lipinski definition) is 0. The Hall–Kier alpha value is -5.70. The Morgan fingerprint density at radius 1 is 0.326 bits per heavy atom. The van der Waals surface area contributed by atoms with E-state index in [2.05, 4.69) is 181 Å². The van der Waals surface area contributed by atoms with Gasteiger partial charge in [-0.1, -0.05) is 121 Å². The number of thiophene rings is 1. The molecule has 0 bridgehead atoms. The van der Waals surface area contributed by atoms with Gasteiger partial charge in [0.15, 0.2) is 0 Å². The molecule has 46 heavy (non-hydrogen) atoms. The Kier molecular flexibility index (Phi) is 6.40. The van der Waals surface area contributed by atoms with Gasteiger partial charge in [0.05, 0.1) is 0 Å². The SMILES string of the molecule is c1ccc(-c2ccc(N(c3ccc(-c4cc5ccccc5c5ccccc45)cc3)c3ccc4sc5ccccc5c4c3)cc2)cc1. The number of fused-ring (bicyclic) bond motifs is 6. The van der Waals surface area contributed by atoms with E-state index in [-0.39, 0.29) is 0 Å². The van der Waals surface area contributed by atoms with Crippen molar-refractivity contribution < 1.29 is 0 Å². The van der Waals surface area contributed by atoms with Crippen LogP contribution in [0.2, 0.25) is 0 Å². The molecule has 0 N–H and O–H groups in total. The van der Waals surface area contributed by atoms with Crippen LogP contribution in [0, 0.1) is 0 Å². The molecule has 0 aliphatic carbocycles. The normalized spacial score (nSPS) is 11.5. The van der Waals surface area contributed by atoms with Gasteiger partial charge in [-0.3, -0.25) is 0 Å². The zero-order valence-corrected chi connectivity index (χ0v) is 25.9. The Morgan fingerprint density at radius 2 is 0.870 bits per heavy atom. The first-order chi connectivity index (χ1) is 22.8. The van der Waals surface area contributed by atoms with Crippen molar-refractivity contribution in [3.8, 4) is 22.3 Å². The van der Waals surface area contributed by atoms with Crippen molar-refractivity contribution in [1.82, 2.24) is 0 Å². The van der Waals surface area contributed by atoms with E-state index in [4.69, 9.17) is 0 Å². The third-order valence-corrected chi connectivity index (χ3v) is 10.2. The number of rotatable bonds is 5. The highest BCUT2D eigenvalue weighted by atomic mass is 32.1. The number of hydrogen-bond acceptors (Lipinski definition) is 2. The summed E-state index contributed by atoms with van der Waals surface area (Å²) in [5.41, 5.74) is 8.30. The molecule has 0 saturated heterocycles. The third-order valence-electron chi connectivity index (χ3n) is 9.06. The smallest absolute Gasteiger partial charge is 0.0468 e.